The van der Waals surface area contributed by atoms with Crippen molar-refractivity contribution in [1.29, 1.82) is 0 Å². The molecule has 0 unspecified atom stereocenters. The van der Waals surface area contributed by atoms with Gasteiger partial charge in [-0.15, -0.1) is 0 Å². The lowest BCUT2D eigenvalue weighted by Gasteiger charge is -2.11. The van der Waals surface area contributed by atoms with Gasteiger partial charge in [-0.25, -0.2) is 5.43 Å². The van der Waals surface area contributed by atoms with Crippen LogP contribution in [-0.4, -0.2) is 21.8 Å². The van der Waals surface area contributed by atoms with Gasteiger partial charge in [0.2, 0.25) is 0 Å². The molecule has 0 aliphatic carbocycles. The first-order valence-electron chi connectivity index (χ1n) is 8.03. The lowest BCUT2D eigenvalue weighted by molar-refractivity contribution is 0.0952. The summed E-state index contributed by atoms with van der Waals surface area (Å²) in [6.07, 6.45) is 1.54. The molecule has 0 saturated heterocycles. The molecule has 0 saturated carbocycles. The minimum atomic E-state index is -0.469. The van der Waals surface area contributed by atoms with Crippen molar-refractivity contribution in [1.82, 2.24) is 9.99 Å². The number of amides is 1. The smallest absolute Gasteiger partial charge is 0.275 e. The number of benzene rings is 2. The predicted molar refractivity (Wildman–Crippen MR) is 106 cm³/mol. The highest BCUT2D eigenvalue weighted by atomic mass is 79.9. The standard InChI is InChI=1S/C20H18BrN3O2/c1-13-3-4-14(2)24(13)17-9-10-18(19(25)11-17)20(26)23-22-12-15-5-7-16(21)8-6-15/h3-12,25H,1-2H3,(H,23,26)/b22-12+. The van der Waals surface area contributed by atoms with E-state index in [9.17, 15) is 9.90 Å². The zero-order chi connectivity index (χ0) is 18.7. The molecule has 0 radical (unpaired) electrons. The fourth-order valence-electron chi connectivity index (χ4n) is 2.70. The van der Waals surface area contributed by atoms with Crippen molar-refractivity contribution in [2.45, 2.75) is 13.8 Å². The van der Waals surface area contributed by atoms with E-state index in [-0.39, 0.29) is 11.3 Å². The van der Waals surface area contributed by atoms with Gasteiger partial charge in [-0.3, -0.25) is 4.79 Å². The van der Waals surface area contributed by atoms with E-state index in [2.05, 4.69) is 26.5 Å². The number of hydrazone groups is 1. The number of carbonyl (C=O) groups is 1. The first-order valence-corrected chi connectivity index (χ1v) is 8.82. The largest absolute Gasteiger partial charge is 0.507 e. The van der Waals surface area contributed by atoms with Gasteiger partial charge in [0.15, 0.2) is 0 Å². The topological polar surface area (TPSA) is 66.6 Å². The van der Waals surface area contributed by atoms with Crippen LogP contribution in [0.2, 0.25) is 0 Å². The summed E-state index contributed by atoms with van der Waals surface area (Å²) in [6.45, 7) is 3.98. The molecule has 1 aromatic heterocycles. The molecule has 0 aliphatic heterocycles. The van der Waals surface area contributed by atoms with E-state index in [1.807, 2.05) is 54.8 Å². The average molecular weight is 412 g/mol. The van der Waals surface area contributed by atoms with Crippen molar-refractivity contribution in [2.24, 2.45) is 5.10 Å². The van der Waals surface area contributed by atoms with Gasteiger partial charge in [-0.2, -0.15) is 5.10 Å². The second-order valence-corrected chi connectivity index (χ2v) is 6.82. The van der Waals surface area contributed by atoms with Crippen LogP contribution in [0.3, 0.4) is 0 Å². The Labute approximate surface area is 160 Å². The van der Waals surface area contributed by atoms with Crippen LogP contribution in [0.15, 0.2) is 64.2 Å². The van der Waals surface area contributed by atoms with Crippen molar-refractivity contribution < 1.29 is 9.90 Å². The van der Waals surface area contributed by atoms with E-state index in [1.54, 1.807) is 24.4 Å². The highest BCUT2D eigenvalue weighted by Gasteiger charge is 2.13. The van der Waals surface area contributed by atoms with Gasteiger partial charge in [0.1, 0.15) is 5.75 Å². The average Bonchev–Trinajstić information content (AvgIpc) is 2.95. The van der Waals surface area contributed by atoms with Crippen LogP contribution in [0.25, 0.3) is 5.69 Å². The summed E-state index contributed by atoms with van der Waals surface area (Å²) in [4.78, 5) is 12.2. The number of phenolic OH excluding ortho intramolecular Hbond substituents is 1. The molecule has 0 atom stereocenters. The van der Waals surface area contributed by atoms with Gasteiger partial charge in [-0.05, 0) is 55.8 Å². The number of rotatable bonds is 4. The van der Waals surface area contributed by atoms with Crippen LogP contribution in [0.1, 0.15) is 27.3 Å². The number of hydrogen-bond acceptors (Lipinski definition) is 3. The van der Waals surface area contributed by atoms with Gasteiger partial charge >= 0.3 is 0 Å². The zero-order valence-electron chi connectivity index (χ0n) is 14.4. The maximum Gasteiger partial charge on any atom is 0.275 e. The molecule has 0 fully saturated rings. The Morgan fingerprint density at radius 3 is 2.35 bits per heavy atom. The highest BCUT2D eigenvalue weighted by molar-refractivity contribution is 9.10. The third kappa shape index (κ3) is 3.86. The molecule has 0 bridgehead atoms. The van der Waals surface area contributed by atoms with E-state index >= 15 is 0 Å². The Bertz CT molecular complexity index is 956. The van der Waals surface area contributed by atoms with Gasteiger partial charge in [0.05, 0.1) is 11.8 Å². The molecule has 132 valence electrons. The second-order valence-electron chi connectivity index (χ2n) is 5.90. The molecule has 0 spiro atoms. The van der Waals surface area contributed by atoms with Gasteiger partial charge in [0.25, 0.3) is 5.91 Å². The molecular formula is C20H18BrN3O2. The minimum Gasteiger partial charge on any atom is -0.507 e. The molecule has 6 heteroatoms. The molecule has 26 heavy (non-hydrogen) atoms. The summed E-state index contributed by atoms with van der Waals surface area (Å²) < 4.78 is 2.98. The number of halogens is 1. The number of phenols is 1. The molecule has 2 aromatic carbocycles. The number of carbonyl (C=O) groups excluding carboxylic acids is 1. The Kier molecular flexibility index (Phi) is 5.23. The lowest BCUT2D eigenvalue weighted by atomic mass is 10.1. The quantitative estimate of drug-likeness (QED) is 0.495. The van der Waals surface area contributed by atoms with Gasteiger partial charge in [0, 0.05) is 27.6 Å². The van der Waals surface area contributed by atoms with Crippen LogP contribution >= 0.6 is 15.9 Å². The van der Waals surface area contributed by atoms with E-state index < -0.39 is 5.91 Å². The Morgan fingerprint density at radius 2 is 1.73 bits per heavy atom. The Balaban J connectivity index is 1.75. The van der Waals surface area contributed by atoms with Crippen LogP contribution < -0.4 is 5.43 Å². The Morgan fingerprint density at radius 1 is 1.08 bits per heavy atom. The van der Waals surface area contributed by atoms with Crippen LogP contribution in [0, 0.1) is 13.8 Å². The van der Waals surface area contributed by atoms with Crippen molar-refractivity contribution in [3.63, 3.8) is 0 Å². The highest BCUT2D eigenvalue weighted by Crippen LogP contribution is 2.24. The van der Waals surface area contributed by atoms with E-state index in [0.29, 0.717) is 0 Å². The normalized spacial score (nSPS) is 11.0. The lowest BCUT2D eigenvalue weighted by Crippen LogP contribution is -2.18. The summed E-state index contributed by atoms with van der Waals surface area (Å²) in [5.74, 6) is -0.560. The van der Waals surface area contributed by atoms with Crippen LogP contribution in [0.5, 0.6) is 5.75 Å². The zero-order valence-corrected chi connectivity index (χ0v) is 16.0. The first kappa shape index (κ1) is 17.9. The number of hydrogen-bond donors (Lipinski definition) is 2. The third-order valence-corrected chi connectivity index (χ3v) is 4.53. The summed E-state index contributed by atoms with van der Waals surface area (Å²) in [5.41, 5.74) is 6.37. The number of nitrogens with one attached hydrogen (secondary N) is 1. The van der Waals surface area contributed by atoms with E-state index in [4.69, 9.17) is 0 Å². The van der Waals surface area contributed by atoms with Crippen LogP contribution in [-0.2, 0) is 0 Å². The molecule has 0 aliphatic rings. The SMILES string of the molecule is Cc1ccc(C)n1-c1ccc(C(=O)N/N=C/c2ccc(Br)cc2)c(O)c1. The fourth-order valence-corrected chi connectivity index (χ4v) is 2.97. The molecule has 1 heterocycles. The van der Waals surface area contributed by atoms with Crippen molar-refractivity contribution in [3.8, 4) is 11.4 Å². The number of aromatic nitrogens is 1. The van der Waals surface area contributed by atoms with Crippen molar-refractivity contribution in [3.05, 3.63) is 81.6 Å². The summed E-state index contributed by atoms with van der Waals surface area (Å²) >= 11 is 3.36. The predicted octanol–water partition coefficient (Wildman–Crippen LogP) is 4.33. The van der Waals surface area contributed by atoms with Crippen LogP contribution in [0.4, 0.5) is 0 Å². The summed E-state index contributed by atoms with van der Waals surface area (Å²) in [5, 5.41) is 14.2. The monoisotopic (exact) mass is 411 g/mol. The van der Waals surface area contributed by atoms with E-state index in [0.717, 1.165) is 27.1 Å². The first-order chi connectivity index (χ1) is 12.5. The maximum atomic E-state index is 12.2. The Hall–Kier alpha value is -2.86. The maximum absolute atomic E-state index is 12.2. The number of nitrogens with zero attached hydrogens (tertiary/aromatic N) is 2. The third-order valence-electron chi connectivity index (χ3n) is 4.01. The molecule has 2 N–H and O–H groups in total. The van der Waals surface area contributed by atoms with Crippen molar-refractivity contribution >= 4 is 28.1 Å². The fraction of sp³-hybridized carbons (Fsp3) is 0.100. The molecular weight excluding hydrogens is 394 g/mol. The number of aromatic hydroxyl groups is 1. The molecule has 1 amide bonds. The molecule has 3 rings (SSSR count). The van der Waals surface area contributed by atoms with Gasteiger partial charge < -0.3 is 9.67 Å². The molecule has 3 aromatic rings. The molecule has 5 nitrogen and oxygen atoms in total. The van der Waals surface area contributed by atoms with Crippen molar-refractivity contribution in [2.75, 3.05) is 0 Å². The summed E-state index contributed by atoms with van der Waals surface area (Å²) in [7, 11) is 0. The summed E-state index contributed by atoms with van der Waals surface area (Å²) in [6, 6.07) is 16.5. The minimum absolute atomic E-state index is 0.0914. The van der Waals surface area contributed by atoms with E-state index in [1.165, 1.54) is 0 Å². The van der Waals surface area contributed by atoms with Gasteiger partial charge in [-0.1, -0.05) is 28.1 Å². The second kappa shape index (κ2) is 7.58. The number of aryl methyl sites for hydroxylation is 2.